The molecular formula is C18H17ClN2. The van der Waals surface area contributed by atoms with Crippen LogP contribution in [0.5, 0.6) is 0 Å². The molecule has 0 spiro atoms. The first-order valence-corrected chi connectivity index (χ1v) is 7.38. The van der Waals surface area contributed by atoms with Crippen molar-refractivity contribution in [3.63, 3.8) is 0 Å². The molecule has 0 amide bonds. The SMILES string of the molecule is CNC(C)c1ccc(-c2ccc3ncccc3c2)cc1Cl. The van der Waals surface area contributed by atoms with E-state index in [4.69, 9.17) is 11.6 Å². The van der Waals surface area contributed by atoms with Crippen LogP contribution in [0.25, 0.3) is 22.0 Å². The summed E-state index contributed by atoms with van der Waals surface area (Å²) in [5, 5.41) is 5.14. The minimum atomic E-state index is 0.243. The molecule has 0 aliphatic carbocycles. The largest absolute Gasteiger partial charge is 0.313 e. The van der Waals surface area contributed by atoms with Crippen LogP contribution in [0.3, 0.4) is 0 Å². The van der Waals surface area contributed by atoms with Crippen LogP contribution in [0.2, 0.25) is 5.02 Å². The molecule has 21 heavy (non-hydrogen) atoms. The van der Waals surface area contributed by atoms with Crippen molar-refractivity contribution in [3.8, 4) is 11.1 Å². The second-order valence-corrected chi connectivity index (χ2v) is 5.56. The monoisotopic (exact) mass is 296 g/mol. The fourth-order valence-electron chi connectivity index (χ4n) is 2.47. The highest BCUT2D eigenvalue weighted by Crippen LogP contribution is 2.30. The fraction of sp³-hybridized carbons (Fsp3) is 0.167. The second kappa shape index (κ2) is 5.84. The first-order valence-electron chi connectivity index (χ1n) is 7.01. The Kier molecular flexibility index (Phi) is 3.91. The molecule has 3 heteroatoms. The van der Waals surface area contributed by atoms with E-state index in [1.807, 2.05) is 31.4 Å². The Morgan fingerprint density at radius 2 is 1.81 bits per heavy atom. The van der Waals surface area contributed by atoms with Gasteiger partial charge in [0.05, 0.1) is 5.52 Å². The van der Waals surface area contributed by atoms with Crippen LogP contribution in [0.4, 0.5) is 0 Å². The van der Waals surface area contributed by atoms with E-state index < -0.39 is 0 Å². The quantitative estimate of drug-likeness (QED) is 0.748. The van der Waals surface area contributed by atoms with Crippen molar-refractivity contribution < 1.29 is 0 Å². The van der Waals surface area contributed by atoms with Gasteiger partial charge in [-0.05, 0) is 54.9 Å². The number of fused-ring (bicyclic) bond motifs is 1. The zero-order valence-corrected chi connectivity index (χ0v) is 12.9. The zero-order valence-electron chi connectivity index (χ0n) is 12.1. The summed E-state index contributed by atoms with van der Waals surface area (Å²) < 4.78 is 0. The van der Waals surface area contributed by atoms with Gasteiger partial charge in [0.25, 0.3) is 0 Å². The Labute approximate surface area is 129 Å². The number of nitrogens with zero attached hydrogens (tertiary/aromatic N) is 1. The number of hydrogen-bond donors (Lipinski definition) is 1. The molecule has 1 aromatic heterocycles. The molecule has 2 nitrogen and oxygen atoms in total. The molecular weight excluding hydrogens is 280 g/mol. The van der Waals surface area contributed by atoms with Gasteiger partial charge in [-0.25, -0.2) is 0 Å². The number of rotatable bonds is 3. The van der Waals surface area contributed by atoms with E-state index in [9.17, 15) is 0 Å². The number of nitrogens with one attached hydrogen (secondary N) is 1. The summed E-state index contributed by atoms with van der Waals surface area (Å²) in [6.07, 6.45) is 1.81. The second-order valence-electron chi connectivity index (χ2n) is 5.16. The molecule has 0 bridgehead atoms. The van der Waals surface area contributed by atoms with E-state index in [2.05, 4.69) is 47.6 Å². The molecule has 1 N–H and O–H groups in total. The fourth-order valence-corrected chi connectivity index (χ4v) is 2.81. The van der Waals surface area contributed by atoms with Gasteiger partial charge in [0.1, 0.15) is 0 Å². The highest BCUT2D eigenvalue weighted by molar-refractivity contribution is 6.31. The van der Waals surface area contributed by atoms with Gasteiger partial charge in [0.15, 0.2) is 0 Å². The molecule has 0 saturated heterocycles. The Morgan fingerprint density at radius 1 is 1.05 bits per heavy atom. The third-order valence-electron chi connectivity index (χ3n) is 3.84. The van der Waals surface area contributed by atoms with E-state index in [1.165, 1.54) is 0 Å². The van der Waals surface area contributed by atoms with Crippen LogP contribution in [0.15, 0.2) is 54.7 Å². The summed E-state index contributed by atoms with van der Waals surface area (Å²) >= 11 is 6.42. The lowest BCUT2D eigenvalue weighted by molar-refractivity contribution is 0.652. The van der Waals surface area contributed by atoms with Crippen LogP contribution in [-0.2, 0) is 0 Å². The van der Waals surface area contributed by atoms with Crippen molar-refractivity contribution in [3.05, 3.63) is 65.3 Å². The minimum Gasteiger partial charge on any atom is -0.313 e. The van der Waals surface area contributed by atoms with Crippen LogP contribution in [-0.4, -0.2) is 12.0 Å². The van der Waals surface area contributed by atoms with Crippen LogP contribution >= 0.6 is 11.6 Å². The molecule has 3 rings (SSSR count). The highest BCUT2D eigenvalue weighted by atomic mass is 35.5. The highest BCUT2D eigenvalue weighted by Gasteiger charge is 2.09. The van der Waals surface area contributed by atoms with Crippen molar-refractivity contribution in [2.24, 2.45) is 0 Å². The molecule has 0 saturated carbocycles. The topological polar surface area (TPSA) is 24.9 Å². The predicted molar refractivity (Wildman–Crippen MR) is 89.7 cm³/mol. The number of halogens is 1. The zero-order chi connectivity index (χ0) is 14.8. The first kappa shape index (κ1) is 14.1. The molecule has 1 heterocycles. The maximum absolute atomic E-state index is 6.42. The van der Waals surface area contributed by atoms with E-state index >= 15 is 0 Å². The Morgan fingerprint density at radius 3 is 2.57 bits per heavy atom. The van der Waals surface area contributed by atoms with Gasteiger partial charge in [-0.2, -0.15) is 0 Å². The van der Waals surface area contributed by atoms with Crippen molar-refractivity contribution in [2.45, 2.75) is 13.0 Å². The Hall–Kier alpha value is -1.90. The standard InChI is InChI=1S/C18H17ClN2/c1-12(20-2)16-7-5-14(11-17(16)19)13-6-8-18-15(10-13)4-3-9-21-18/h3-12,20H,1-2H3. The number of aromatic nitrogens is 1. The maximum Gasteiger partial charge on any atom is 0.0702 e. The van der Waals surface area contributed by atoms with Crippen LogP contribution < -0.4 is 5.32 Å². The van der Waals surface area contributed by atoms with E-state index in [0.717, 1.165) is 32.6 Å². The molecule has 106 valence electrons. The van der Waals surface area contributed by atoms with Gasteiger partial charge >= 0.3 is 0 Å². The van der Waals surface area contributed by atoms with E-state index in [-0.39, 0.29) is 6.04 Å². The molecule has 1 atom stereocenters. The third kappa shape index (κ3) is 2.78. The molecule has 0 aliphatic heterocycles. The number of pyridine rings is 1. The normalized spacial score (nSPS) is 12.5. The third-order valence-corrected chi connectivity index (χ3v) is 4.16. The van der Waals surface area contributed by atoms with Gasteiger partial charge in [0, 0.05) is 22.6 Å². The van der Waals surface area contributed by atoms with Crippen molar-refractivity contribution in [2.75, 3.05) is 7.05 Å². The van der Waals surface area contributed by atoms with Gasteiger partial charge in [0.2, 0.25) is 0 Å². The predicted octanol–water partition coefficient (Wildman–Crippen LogP) is 4.84. The van der Waals surface area contributed by atoms with Gasteiger partial charge < -0.3 is 5.32 Å². The summed E-state index contributed by atoms with van der Waals surface area (Å²) in [6.45, 7) is 2.10. The van der Waals surface area contributed by atoms with Gasteiger partial charge in [-0.3, -0.25) is 4.98 Å². The molecule has 3 aromatic rings. The summed E-state index contributed by atoms with van der Waals surface area (Å²) in [5.41, 5.74) is 4.40. The lowest BCUT2D eigenvalue weighted by atomic mass is 10.00. The van der Waals surface area contributed by atoms with Crippen molar-refractivity contribution >= 4 is 22.5 Å². The van der Waals surface area contributed by atoms with E-state index in [0.29, 0.717) is 0 Å². The summed E-state index contributed by atoms with van der Waals surface area (Å²) in [7, 11) is 1.94. The summed E-state index contributed by atoms with van der Waals surface area (Å²) in [5.74, 6) is 0. The Balaban J connectivity index is 2.04. The lowest BCUT2D eigenvalue weighted by Gasteiger charge is -2.14. The van der Waals surface area contributed by atoms with Gasteiger partial charge in [-0.15, -0.1) is 0 Å². The maximum atomic E-state index is 6.42. The minimum absolute atomic E-state index is 0.243. The first-order chi connectivity index (χ1) is 10.2. The molecule has 1 unspecified atom stereocenters. The van der Waals surface area contributed by atoms with E-state index in [1.54, 1.807) is 0 Å². The smallest absolute Gasteiger partial charge is 0.0702 e. The number of benzene rings is 2. The lowest BCUT2D eigenvalue weighted by Crippen LogP contribution is -2.12. The molecule has 0 radical (unpaired) electrons. The van der Waals surface area contributed by atoms with Crippen LogP contribution in [0.1, 0.15) is 18.5 Å². The average molecular weight is 297 g/mol. The Bertz CT molecular complexity index is 783. The molecule has 0 fully saturated rings. The summed E-state index contributed by atoms with van der Waals surface area (Å²) in [6, 6.07) is 16.8. The van der Waals surface area contributed by atoms with Crippen molar-refractivity contribution in [1.82, 2.24) is 10.3 Å². The molecule has 2 aromatic carbocycles. The number of hydrogen-bond acceptors (Lipinski definition) is 2. The van der Waals surface area contributed by atoms with Gasteiger partial charge in [-0.1, -0.05) is 35.9 Å². The van der Waals surface area contributed by atoms with Crippen molar-refractivity contribution in [1.29, 1.82) is 0 Å². The van der Waals surface area contributed by atoms with Crippen LogP contribution in [0, 0.1) is 0 Å². The summed E-state index contributed by atoms with van der Waals surface area (Å²) in [4.78, 5) is 4.35. The average Bonchev–Trinajstić information content (AvgIpc) is 2.53. The molecule has 0 aliphatic rings.